The number of unbranched alkanes of at least 4 members (excludes halogenated alkanes) is 1. The second-order valence-corrected chi connectivity index (χ2v) is 8.11. The Bertz CT molecular complexity index is 458. The van der Waals surface area contributed by atoms with Crippen molar-refractivity contribution >= 4 is 21.4 Å². The van der Waals surface area contributed by atoms with E-state index in [4.69, 9.17) is 0 Å². The molecule has 1 unspecified atom stereocenters. The first kappa shape index (κ1) is 17.6. The lowest BCUT2D eigenvalue weighted by Gasteiger charge is -2.23. The Hall–Kier alpha value is -0.430. The molecule has 0 aliphatic carbocycles. The average Bonchev–Trinajstić information content (AvgIpc) is 2.95. The fourth-order valence-electron chi connectivity index (χ4n) is 1.93. The molecule has 1 heterocycles. The van der Waals surface area contributed by atoms with Gasteiger partial charge in [0.25, 0.3) is 0 Å². The summed E-state index contributed by atoms with van der Waals surface area (Å²) >= 11 is 1.60. The van der Waals surface area contributed by atoms with E-state index in [0.29, 0.717) is 6.42 Å². The predicted octanol–water partition coefficient (Wildman–Crippen LogP) is 2.85. The number of nitrogens with zero attached hydrogens (tertiary/aromatic N) is 1. The van der Waals surface area contributed by atoms with Crippen LogP contribution in [0.4, 0.5) is 0 Å². The van der Waals surface area contributed by atoms with Crippen LogP contribution in [0.15, 0.2) is 17.5 Å². The lowest BCUT2D eigenvalue weighted by Crippen LogP contribution is -2.31. The molecule has 1 aromatic rings. The van der Waals surface area contributed by atoms with Crippen LogP contribution in [-0.4, -0.2) is 38.6 Å². The quantitative estimate of drug-likeness (QED) is 0.675. The molecule has 0 amide bonds. The smallest absolute Gasteiger partial charge is 0.214 e. The molecule has 20 heavy (non-hydrogen) atoms. The Morgan fingerprint density at radius 3 is 2.70 bits per heavy atom. The Morgan fingerprint density at radius 1 is 1.35 bits per heavy atom. The van der Waals surface area contributed by atoms with Gasteiger partial charge in [-0.3, -0.25) is 0 Å². The van der Waals surface area contributed by atoms with Gasteiger partial charge in [-0.1, -0.05) is 13.0 Å². The summed E-state index contributed by atoms with van der Waals surface area (Å²) in [6.45, 7) is 5.96. The molecule has 0 spiro atoms. The molecule has 6 heteroatoms. The number of hydrogen-bond donors (Lipinski definition) is 1. The van der Waals surface area contributed by atoms with Gasteiger partial charge in [-0.2, -0.15) is 4.31 Å². The maximum atomic E-state index is 12.3. The lowest BCUT2D eigenvalue weighted by atomic mass is 10.3. The number of nitrogens with one attached hydrogen (secondary N) is 1. The van der Waals surface area contributed by atoms with Gasteiger partial charge in [-0.05, 0) is 50.7 Å². The zero-order valence-corrected chi connectivity index (χ0v) is 14.3. The van der Waals surface area contributed by atoms with E-state index in [0.717, 1.165) is 30.8 Å². The summed E-state index contributed by atoms with van der Waals surface area (Å²) in [4.78, 5) is 1.08. The van der Waals surface area contributed by atoms with Crippen LogP contribution in [-0.2, 0) is 10.0 Å². The van der Waals surface area contributed by atoms with Crippen LogP contribution in [0.3, 0.4) is 0 Å². The van der Waals surface area contributed by atoms with Crippen molar-refractivity contribution in [2.45, 2.75) is 39.2 Å². The van der Waals surface area contributed by atoms with Crippen LogP contribution in [0.5, 0.6) is 0 Å². The lowest BCUT2D eigenvalue weighted by molar-refractivity contribution is 0.401. The summed E-state index contributed by atoms with van der Waals surface area (Å²) in [6, 6.07) is 3.85. The molecule has 0 bridgehead atoms. The SMILES string of the molecule is CCCNCCCCS(=O)(=O)N(C)C(C)c1cccs1. The minimum atomic E-state index is -3.17. The summed E-state index contributed by atoms with van der Waals surface area (Å²) in [5.74, 6) is 0.229. The molecule has 1 N–H and O–H groups in total. The van der Waals surface area contributed by atoms with Crippen molar-refractivity contribution in [3.63, 3.8) is 0 Å². The normalized spacial score (nSPS) is 13.8. The summed E-state index contributed by atoms with van der Waals surface area (Å²) in [5, 5.41) is 5.27. The largest absolute Gasteiger partial charge is 0.317 e. The highest BCUT2D eigenvalue weighted by molar-refractivity contribution is 7.89. The van der Waals surface area contributed by atoms with Crippen molar-refractivity contribution in [2.24, 2.45) is 0 Å². The monoisotopic (exact) mass is 318 g/mol. The van der Waals surface area contributed by atoms with Crippen molar-refractivity contribution in [1.29, 1.82) is 0 Å². The van der Waals surface area contributed by atoms with Crippen LogP contribution in [0.1, 0.15) is 44.0 Å². The Morgan fingerprint density at radius 2 is 2.10 bits per heavy atom. The molecular formula is C14H26N2O2S2. The van der Waals surface area contributed by atoms with Gasteiger partial charge < -0.3 is 5.32 Å². The molecule has 0 radical (unpaired) electrons. The van der Waals surface area contributed by atoms with E-state index in [1.807, 2.05) is 24.4 Å². The average molecular weight is 319 g/mol. The van der Waals surface area contributed by atoms with Crippen molar-refractivity contribution in [1.82, 2.24) is 9.62 Å². The molecule has 1 atom stereocenters. The fraction of sp³-hybridized carbons (Fsp3) is 0.714. The Balaban J connectivity index is 2.39. The number of thiophene rings is 1. The first-order chi connectivity index (χ1) is 9.49. The van der Waals surface area contributed by atoms with E-state index >= 15 is 0 Å². The summed E-state index contributed by atoms with van der Waals surface area (Å²) in [7, 11) is -1.49. The third-order valence-corrected chi connectivity index (χ3v) is 6.41. The van der Waals surface area contributed by atoms with Gasteiger partial charge in [0, 0.05) is 11.9 Å². The van der Waals surface area contributed by atoms with Gasteiger partial charge in [0.1, 0.15) is 0 Å². The Labute approximate surface area is 127 Å². The molecule has 1 rings (SSSR count). The molecule has 116 valence electrons. The zero-order valence-electron chi connectivity index (χ0n) is 12.6. The van der Waals surface area contributed by atoms with Crippen LogP contribution >= 0.6 is 11.3 Å². The second kappa shape index (κ2) is 8.77. The summed E-state index contributed by atoms with van der Waals surface area (Å²) in [5.41, 5.74) is 0. The topological polar surface area (TPSA) is 49.4 Å². The minimum absolute atomic E-state index is 0.0850. The fourth-order valence-corrected chi connectivity index (χ4v) is 4.27. The van der Waals surface area contributed by atoms with E-state index in [2.05, 4.69) is 12.2 Å². The number of hydrogen-bond acceptors (Lipinski definition) is 4. The first-order valence-corrected chi connectivity index (χ1v) is 9.67. The Kier molecular flexibility index (Phi) is 7.72. The van der Waals surface area contributed by atoms with Gasteiger partial charge in [0.05, 0.1) is 11.8 Å². The minimum Gasteiger partial charge on any atom is -0.317 e. The van der Waals surface area contributed by atoms with E-state index < -0.39 is 10.0 Å². The standard InChI is InChI=1S/C14H26N2O2S2/c1-4-9-15-10-5-6-12-20(17,18)16(3)13(2)14-8-7-11-19-14/h7-8,11,13,15H,4-6,9-10,12H2,1-3H3. The molecule has 0 aliphatic heterocycles. The maximum Gasteiger partial charge on any atom is 0.214 e. The molecule has 0 aromatic carbocycles. The highest BCUT2D eigenvalue weighted by Crippen LogP contribution is 2.25. The molecule has 0 aliphatic rings. The third kappa shape index (κ3) is 5.52. The van der Waals surface area contributed by atoms with E-state index in [-0.39, 0.29) is 11.8 Å². The summed E-state index contributed by atoms with van der Waals surface area (Å²) < 4.78 is 26.0. The van der Waals surface area contributed by atoms with E-state index in [1.54, 1.807) is 18.4 Å². The molecule has 0 saturated heterocycles. The van der Waals surface area contributed by atoms with Crippen molar-refractivity contribution in [3.05, 3.63) is 22.4 Å². The second-order valence-electron chi connectivity index (χ2n) is 4.98. The van der Waals surface area contributed by atoms with Crippen LogP contribution < -0.4 is 5.32 Å². The zero-order chi connectivity index (χ0) is 15.0. The van der Waals surface area contributed by atoms with Crippen LogP contribution in [0.25, 0.3) is 0 Å². The van der Waals surface area contributed by atoms with Crippen molar-refractivity contribution in [3.8, 4) is 0 Å². The molecule has 1 aromatic heterocycles. The molecule has 4 nitrogen and oxygen atoms in total. The molecule has 0 saturated carbocycles. The van der Waals surface area contributed by atoms with Gasteiger partial charge in [0.15, 0.2) is 0 Å². The number of rotatable bonds is 10. The van der Waals surface area contributed by atoms with Gasteiger partial charge >= 0.3 is 0 Å². The van der Waals surface area contributed by atoms with Crippen LogP contribution in [0.2, 0.25) is 0 Å². The first-order valence-electron chi connectivity index (χ1n) is 7.19. The number of sulfonamides is 1. The van der Waals surface area contributed by atoms with E-state index in [1.165, 1.54) is 4.31 Å². The van der Waals surface area contributed by atoms with Gasteiger partial charge in [-0.15, -0.1) is 11.3 Å². The third-order valence-electron chi connectivity index (χ3n) is 3.37. The van der Waals surface area contributed by atoms with Crippen LogP contribution in [0, 0.1) is 0 Å². The van der Waals surface area contributed by atoms with Gasteiger partial charge in [-0.25, -0.2) is 8.42 Å². The summed E-state index contributed by atoms with van der Waals surface area (Å²) in [6.07, 6.45) is 2.72. The predicted molar refractivity (Wildman–Crippen MR) is 86.7 cm³/mol. The van der Waals surface area contributed by atoms with E-state index in [9.17, 15) is 8.42 Å². The molecular weight excluding hydrogens is 292 g/mol. The van der Waals surface area contributed by atoms with Crippen molar-refractivity contribution < 1.29 is 8.42 Å². The highest BCUT2D eigenvalue weighted by atomic mass is 32.2. The molecule has 0 fully saturated rings. The highest BCUT2D eigenvalue weighted by Gasteiger charge is 2.24. The van der Waals surface area contributed by atoms with Gasteiger partial charge in [0.2, 0.25) is 10.0 Å². The van der Waals surface area contributed by atoms with Crippen molar-refractivity contribution in [2.75, 3.05) is 25.9 Å². The maximum absolute atomic E-state index is 12.3.